The maximum atomic E-state index is 6.18. The van der Waals surface area contributed by atoms with E-state index in [0.29, 0.717) is 5.88 Å². The minimum Gasteiger partial charge on any atom is -0.485 e. The number of thiocarbonyl (C=S) groups is 1. The normalized spacial score (nSPS) is 18.6. The molecule has 20 heavy (non-hydrogen) atoms. The molecule has 0 bridgehead atoms. The second-order valence-electron chi connectivity index (χ2n) is 4.92. The van der Waals surface area contributed by atoms with E-state index in [0.717, 1.165) is 40.2 Å². The van der Waals surface area contributed by atoms with Crippen LogP contribution in [0.15, 0.2) is 30.5 Å². The summed E-state index contributed by atoms with van der Waals surface area (Å²) in [5.74, 6) is 1.35. The van der Waals surface area contributed by atoms with Gasteiger partial charge in [0.2, 0.25) is 0 Å². The van der Waals surface area contributed by atoms with Crippen molar-refractivity contribution in [1.29, 1.82) is 0 Å². The molecule has 0 saturated heterocycles. The molecule has 0 fully saturated rings. The summed E-state index contributed by atoms with van der Waals surface area (Å²) in [5.41, 5.74) is 1.80. The molecule has 3 rings (SSSR count). The summed E-state index contributed by atoms with van der Waals surface area (Å²) >= 11 is 11.4. The van der Waals surface area contributed by atoms with Crippen molar-refractivity contribution in [3.63, 3.8) is 0 Å². The van der Waals surface area contributed by atoms with Gasteiger partial charge in [-0.3, -0.25) is 4.98 Å². The molecule has 2 heterocycles. The molecule has 0 amide bonds. The number of ether oxygens (including phenoxy) is 1. The Balaban J connectivity index is 2.17. The number of aromatic nitrogens is 1. The van der Waals surface area contributed by atoms with E-state index in [9.17, 15) is 0 Å². The quantitative estimate of drug-likeness (QED) is 0.628. The van der Waals surface area contributed by atoms with Gasteiger partial charge in [-0.05, 0) is 18.6 Å². The van der Waals surface area contributed by atoms with Crippen LogP contribution in [-0.4, -0.2) is 40.4 Å². The van der Waals surface area contributed by atoms with Crippen LogP contribution in [-0.2, 0) is 0 Å². The molecule has 1 aromatic heterocycles. The van der Waals surface area contributed by atoms with Crippen molar-refractivity contribution >= 4 is 39.7 Å². The molecular weight excluding hydrogens is 292 g/mol. The van der Waals surface area contributed by atoms with Crippen LogP contribution in [0.4, 0.5) is 0 Å². The first kappa shape index (κ1) is 13.6. The second kappa shape index (κ2) is 5.54. The van der Waals surface area contributed by atoms with Crippen LogP contribution in [0.5, 0.6) is 5.75 Å². The Kier molecular flexibility index (Phi) is 3.76. The van der Waals surface area contributed by atoms with E-state index in [1.54, 1.807) is 6.20 Å². The maximum absolute atomic E-state index is 6.18. The smallest absolute Gasteiger partial charge is 0.156 e. The third kappa shape index (κ3) is 2.34. The van der Waals surface area contributed by atoms with Crippen molar-refractivity contribution in [3.05, 3.63) is 36.0 Å². The molecule has 0 saturated carbocycles. The summed E-state index contributed by atoms with van der Waals surface area (Å²) in [6, 6.07) is 8.00. The molecular formula is C15H15ClN2OS. The molecule has 5 heteroatoms. The third-order valence-corrected chi connectivity index (χ3v) is 4.25. The first-order valence-electron chi connectivity index (χ1n) is 6.56. The van der Waals surface area contributed by atoms with Gasteiger partial charge in [0.25, 0.3) is 0 Å². The molecule has 104 valence electrons. The van der Waals surface area contributed by atoms with Gasteiger partial charge in [-0.1, -0.05) is 24.4 Å². The van der Waals surface area contributed by atoms with Crippen molar-refractivity contribution in [1.82, 2.24) is 9.88 Å². The fourth-order valence-corrected chi connectivity index (χ4v) is 2.95. The second-order valence-corrected chi connectivity index (χ2v) is 5.69. The number of alkyl halides is 1. The predicted octanol–water partition coefficient (Wildman–Crippen LogP) is 3.23. The standard InChI is InChI=1S/C15H15ClN2OS/c1-18-9-11(6-7-16)19-14-12(15(18)20)5-4-10-3-2-8-17-13(10)14/h2-5,8,11H,6-7,9H2,1H3. The number of rotatable bonds is 2. The Morgan fingerprint density at radius 1 is 1.45 bits per heavy atom. The first-order chi connectivity index (χ1) is 9.70. The summed E-state index contributed by atoms with van der Waals surface area (Å²) < 4.78 is 6.18. The lowest BCUT2D eigenvalue weighted by Crippen LogP contribution is -2.33. The van der Waals surface area contributed by atoms with Crippen LogP contribution in [0.1, 0.15) is 12.0 Å². The van der Waals surface area contributed by atoms with Gasteiger partial charge in [0.15, 0.2) is 5.75 Å². The summed E-state index contributed by atoms with van der Waals surface area (Å²) in [5, 5.41) is 1.06. The molecule has 0 aliphatic carbocycles. The largest absolute Gasteiger partial charge is 0.485 e. The van der Waals surface area contributed by atoms with Gasteiger partial charge in [0.05, 0.1) is 12.1 Å². The Morgan fingerprint density at radius 2 is 2.30 bits per heavy atom. The van der Waals surface area contributed by atoms with Crippen LogP contribution in [0, 0.1) is 0 Å². The van der Waals surface area contributed by atoms with Crippen LogP contribution >= 0.6 is 23.8 Å². The number of pyridine rings is 1. The van der Waals surface area contributed by atoms with Crippen LogP contribution in [0.25, 0.3) is 10.9 Å². The van der Waals surface area contributed by atoms with Gasteiger partial charge < -0.3 is 9.64 Å². The van der Waals surface area contributed by atoms with Crippen molar-refractivity contribution in [2.75, 3.05) is 19.5 Å². The van der Waals surface area contributed by atoms with Crippen LogP contribution < -0.4 is 4.74 Å². The number of likely N-dealkylation sites (N-methyl/N-ethyl adjacent to an activating group) is 1. The molecule has 1 aliphatic heterocycles. The van der Waals surface area contributed by atoms with Gasteiger partial charge in [0, 0.05) is 24.5 Å². The lowest BCUT2D eigenvalue weighted by Gasteiger charge is -2.20. The molecule has 3 nitrogen and oxygen atoms in total. The van der Waals surface area contributed by atoms with E-state index in [1.807, 2.05) is 36.2 Å². The van der Waals surface area contributed by atoms with E-state index in [1.165, 1.54) is 0 Å². The summed E-state index contributed by atoms with van der Waals surface area (Å²) in [7, 11) is 1.99. The van der Waals surface area contributed by atoms with Crippen molar-refractivity contribution in [2.45, 2.75) is 12.5 Å². The van der Waals surface area contributed by atoms with Gasteiger partial charge in [-0.2, -0.15) is 0 Å². The maximum Gasteiger partial charge on any atom is 0.156 e. The highest BCUT2D eigenvalue weighted by Gasteiger charge is 2.25. The van der Waals surface area contributed by atoms with Gasteiger partial charge in [-0.15, -0.1) is 11.6 Å². The summed E-state index contributed by atoms with van der Waals surface area (Å²) in [6.07, 6.45) is 2.60. The summed E-state index contributed by atoms with van der Waals surface area (Å²) in [6.45, 7) is 0.745. The Labute approximate surface area is 128 Å². The van der Waals surface area contributed by atoms with Gasteiger partial charge >= 0.3 is 0 Å². The van der Waals surface area contributed by atoms with E-state index < -0.39 is 0 Å². The average molecular weight is 307 g/mol. The SMILES string of the molecule is CN1CC(CCCl)Oc2c(ccc3cccnc23)C1=S. The molecule has 1 atom stereocenters. The van der Waals surface area contributed by atoms with E-state index >= 15 is 0 Å². The Hall–Kier alpha value is -1.39. The number of hydrogen-bond donors (Lipinski definition) is 0. The molecule has 1 aliphatic rings. The highest BCUT2D eigenvalue weighted by Crippen LogP contribution is 2.32. The van der Waals surface area contributed by atoms with E-state index in [2.05, 4.69) is 4.98 Å². The molecule has 1 unspecified atom stereocenters. The number of nitrogens with zero attached hydrogens (tertiary/aromatic N) is 2. The zero-order chi connectivity index (χ0) is 14.1. The first-order valence-corrected chi connectivity index (χ1v) is 7.51. The minimum atomic E-state index is 0.0318. The lowest BCUT2D eigenvalue weighted by atomic mass is 10.1. The number of halogens is 1. The fourth-order valence-electron chi connectivity index (χ4n) is 2.48. The summed E-state index contributed by atoms with van der Waals surface area (Å²) in [4.78, 5) is 7.30. The average Bonchev–Trinajstić information content (AvgIpc) is 2.58. The zero-order valence-electron chi connectivity index (χ0n) is 11.2. The van der Waals surface area contributed by atoms with Gasteiger partial charge in [0.1, 0.15) is 16.6 Å². The van der Waals surface area contributed by atoms with E-state index in [4.69, 9.17) is 28.6 Å². The minimum absolute atomic E-state index is 0.0318. The van der Waals surface area contributed by atoms with Gasteiger partial charge in [-0.25, -0.2) is 0 Å². The Bertz CT molecular complexity index is 661. The monoisotopic (exact) mass is 306 g/mol. The molecule has 0 N–H and O–H groups in total. The third-order valence-electron chi connectivity index (χ3n) is 3.50. The topological polar surface area (TPSA) is 25.4 Å². The highest BCUT2D eigenvalue weighted by molar-refractivity contribution is 7.80. The van der Waals surface area contributed by atoms with Crippen molar-refractivity contribution in [2.24, 2.45) is 0 Å². The predicted molar refractivity (Wildman–Crippen MR) is 85.8 cm³/mol. The van der Waals surface area contributed by atoms with Crippen molar-refractivity contribution in [3.8, 4) is 5.75 Å². The molecule has 2 aromatic rings. The molecule has 0 radical (unpaired) electrons. The lowest BCUT2D eigenvalue weighted by molar-refractivity contribution is 0.181. The Morgan fingerprint density at radius 3 is 3.10 bits per heavy atom. The van der Waals surface area contributed by atoms with Crippen molar-refractivity contribution < 1.29 is 4.74 Å². The van der Waals surface area contributed by atoms with E-state index in [-0.39, 0.29) is 6.10 Å². The molecule has 0 spiro atoms. The highest BCUT2D eigenvalue weighted by atomic mass is 35.5. The zero-order valence-corrected chi connectivity index (χ0v) is 12.7. The number of fused-ring (bicyclic) bond motifs is 3. The number of hydrogen-bond acceptors (Lipinski definition) is 3. The van der Waals surface area contributed by atoms with Crippen LogP contribution in [0.3, 0.4) is 0 Å². The molecule has 1 aromatic carbocycles. The number of benzene rings is 1. The van der Waals surface area contributed by atoms with Crippen LogP contribution in [0.2, 0.25) is 0 Å². The fraction of sp³-hybridized carbons (Fsp3) is 0.333.